The Labute approximate surface area is 168 Å². The predicted molar refractivity (Wildman–Crippen MR) is 108 cm³/mol. The van der Waals surface area contributed by atoms with Crippen LogP contribution in [0.15, 0.2) is 29.6 Å². The molecule has 28 heavy (non-hydrogen) atoms. The molecule has 2 aliphatic rings. The number of thiazole rings is 1. The second-order valence-electron chi connectivity index (χ2n) is 7.61. The summed E-state index contributed by atoms with van der Waals surface area (Å²) >= 11 is 1.40. The van der Waals surface area contributed by atoms with E-state index in [-0.39, 0.29) is 17.3 Å². The molecule has 1 amide bonds. The highest BCUT2D eigenvalue weighted by Crippen LogP contribution is 2.34. The normalized spacial score (nSPS) is 20.0. The number of halogens is 1. The molecule has 5 nitrogen and oxygen atoms in total. The summed E-state index contributed by atoms with van der Waals surface area (Å²) in [6.07, 6.45) is 5.92. The van der Waals surface area contributed by atoms with Crippen LogP contribution in [0.25, 0.3) is 10.6 Å². The predicted octanol–water partition coefficient (Wildman–Crippen LogP) is 3.71. The summed E-state index contributed by atoms with van der Waals surface area (Å²) in [4.78, 5) is 19.7. The Morgan fingerprint density at radius 1 is 1.18 bits per heavy atom. The molecule has 0 spiro atoms. The molecular weight excluding hydrogens is 377 g/mol. The van der Waals surface area contributed by atoms with Gasteiger partial charge in [-0.2, -0.15) is 0 Å². The molecule has 1 aromatic carbocycles. The molecule has 0 radical (unpaired) electrons. The Hall–Kier alpha value is -1.83. The van der Waals surface area contributed by atoms with E-state index < -0.39 is 0 Å². The number of hydrogen-bond acceptors (Lipinski definition) is 5. The molecule has 1 aliphatic heterocycles. The first-order valence-corrected chi connectivity index (χ1v) is 10.9. The van der Waals surface area contributed by atoms with Gasteiger partial charge >= 0.3 is 0 Å². The minimum absolute atomic E-state index is 0.0352. The number of aromatic nitrogens is 1. The van der Waals surface area contributed by atoms with E-state index >= 15 is 0 Å². The van der Waals surface area contributed by atoms with Crippen LogP contribution in [-0.4, -0.2) is 54.2 Å². The van der Waals surface area contributed by atoms with E-state index in [0.29, 0.717) is 12.2 Å². The lowest BCUT2D eigenvalue weighted by atomic mass is 9.79. The van der Waals surface area contributed by atoms with E-state index in [9.17, 15) is 9.18 Å². The van der Waals surface area contributed by atoms with Gasteiger partial charge < -0.3 is 10.1 Å². The molecule has 2 fully saturated rings. The molecule has 1 aliphatic carbocycles. The van der Waals surface area contributed by atoms with E-state index in [0.717, 1.165) is 49.7 Å². The second kappa shape index (κ2) is 8.68. The standard InChI is InChI=1S/C21H26FN3O2S/c22-17-6-4-16(5-7-17)20-24-18(14-28-20)19(26)23-15-21(8-2-1-3-9-21)25-10-12-27-13-11-25/h4-7,14H,1-3,8-13,15H2,(H,23,26). The molecule has 0 atom stereocenters. The van der Waals surface area contributed by atoms with Gasteiger partial charge in [0.2, 0.25) is 0 Å². The lowest BCUT2D eigenvalue weighted by Gasteiger charge is -2.48. The largest absolute Gasteiger partial charge is 0.379 e. The van der Waals surface area contributed by atoms with Crippen LogP contribution < -0.4 is 5.32 Å². The van der Waals surface area contributed by atoms with Gasteiger partial charge in [0.15, 0.2) is 0 Å². The average molecular weight is 404 g/mol. The highest BCUT2D eigenvalue weighted by molar-refractivity contribution is 7.13. The van der Waals surface area contributed by atoms with Crippen molar-refractivity contribution >= 4 is 17.2 Å². The van der Waals surface area contributed by atoms with E-state index in [2.05, 4.69) is 15.2 Å². The fourth-order valence-electron chi connectivity index (χ4n) is 4.29. The molecule has 1 N–H and O–H groups in total. The Morgan fingerprint density at radius 2 is 1.89 bits per heavy atom. The van der Waals surface area contributed by atoms with Crippen LogP contribution in [-0.2, 0) is 4.74 Å². The van der Waals surface area contributed by atoms with Crippen LogP contribution >= 0.6 is 11.3 Å². The summed E-state index contributed by atoms with van der Waals surface area (Å²) in [6, 6.07) is 6.19. The summed E-state index contributed by atoms with van der Waals surface area (Å²) in [6.45, 7) is 4.05. The van der Waals surface area contributed by atoms with Gasteiger partial charge in [-0.1, -0.05) is 19.3 Å². The van der Waals surface area contributed by atoms with Gasteiger partial charge in [-0.15, -0.1) is 11.3 Å². The van der Waals surface area contributed by atoms with Crippen molar-refractivity contribution in [2.24, 2.45) is 0 Å². The van der Waals surface area contributed by atoms with Crippen molar-refractivity contribution in [3.63, 3.8) is 0 Å². The topological polar surface area (TPSA) is 54.5 Å². The van der Waals surface area contributed by atoms with Crippen LogP contribution in [0.3, 0.4) is 0 Å². The first-order valence-electron chi connectivity index (χ1n) is 9.99. The number of rotatable bonds is 5. The Morgan fingerprint density at radius 3 is 2.61 bits per heavy atom. The zero-order chi connectivity index (χ0) is 19.4. The van der Waals surface area contributed by atoms with Crippen molar-refractivity contribution < 1.29 is 13.9 Å². The lowest BCUT2D eigenvalue weighted by molar-refractivity contribution is -0.0361. The maximum atomic E-state index is 13.1. The zero-order valence-corrected chi connectivity index (χ0v) is 16.8. The third kappa shape index (κ3) is 4.26. The van der Waals surface area contributed by atoms with Gasteiger partial charge in [0.25, 0.3) is 5.91 Å². The van der Waals surface area contributed by atoms with Gasteiger partial charge in [-0.25, -0.2) is 9.37 Å². The summed E-state index contributed by atoms with van der Waals surface area (Å²) in [7, 11) is 0. The maximum absolute atomic E-state index is 13.1. The van der Waals surface area contributed by atoms with Crippen LogP contribution in [0.1, 0.15) is 42.6 Å². The summed E-state index contributed by atoms with van der Waals surface area (Å²) < 4.78 is 18.6. The molecule has 1 saturated heterocycles. The van der Waals surface area contributed by atoms with E-state index in [4.69, 9.17) is 4.74 Å². The molecule has 2 heterocycles. The number of nitrogens with zero attached hydrogens (tertiary/aromatic N) is 2. The zero-order valence-electron chi connectivity index (χ0n) is 16.0. The minimum atomic E-state index is -0.279. The summed E-state index contributed by atoms with van der Waals surface area (Å²) in [5.74, 6) is -0.415. The van der Waals surface area contributed by atoms with Crippen molar-refractivity contribution in [3.8, 4) is 10.6 Å². The molecule has 150 valence electrons. The molecule has 0 unspecified atom stereocenters. The van der Waals surface area contributed by atoms with Gasteiger partial charge in [0.05, 0.1) is 13.2 Å². The van der Waals surface area contributed by atoms with Gasteiger partial charge in [0, 0.05) is 36.1 Å². The lowest BCUT2D eigenvalue weighted by Crippen LogP contribution is -2.59. The molecule has 1 saturated carbocycles. The van der Waals surface area contributed by atoms with Crippen molar-refractivity contribution in [2.45, 2.75) is 37.6 Å². The van der Waals surface area contributed by atoms with E-state index in [1.165, 1.54) is 42.7 Å². The van der Waals surface area contributed by atoms with Crippen molar-refractivity contribution in [1.82, 2.24) is 15.2 Å². The van der Waals surface area contributed by atoms with E-state index in [1.807, 2.05) is 0 Å². The molecule has 1 aromatic heterocycles. The van der Waals surface area contributed by atoms with Gasteiger partial charge in [-0.3, -0.25) is 9.69 Å². The Balaban J connectivity index is 1.43. The van der Waals surface area contributed by atoms with Crippen LogP contribution in [0, 0.1) is 5.82 Å². The summed E-state index contributed by atoms with van der Waals surface area (Å²) in [5, 5.41) is 5.65. The monoisotopic (exact) mass is 403 g/mol. The molecule has 0 bridgehead atoms. The number of carbonyl (C=O) groups excluding carboxylic acids is 1. The third-order valence-electron chi connectivity index (χ3n) is 5.87. The van der Waals surface area contributed by atoms with Gasteiger partial charge in [0.1, 0.15) is 16.5 Å². The van der Waals surface area contributed by atoms with Crippen molar-refractivity contribution in [2.75, 3.05) is 32.8 Å². The SMILES string of the molecule is O=C(NCC1(N2CCOCC2)CCCCC1)c1csc(-c2ccc(F)cc2)n1. The highest BCUT2D eigenvalue weighted by atomic mass is 32.1. The molecular formula is C21H26FN3O2S. The fraction of sp³-hybridized carbons (Fsp3) is 0.524. The number of ether oxygens (including phenoxy) is 1. The number of carbonyl (C=O) groups is 1. The van der Waals surface area contributed by atoms with Crippen LogP contribution in [0.4, 0.5) is 4.39 Å². The third-order valence-corrected chi connectivity index (χ3v) is 6.76. The van der Waals surface area contributed by atoms with E-state index in [1.54, 1.807) is 17.5 Å². The Bertz CT molecular complexity index is 796. The van der Waals surface area contributed by atoms with Crippen LogP contribution in [0.2, 0.25) is 0 Å². The number of morpholine rings is 1. The minimum Gasteiger partial charge on any atom is -0.379 e. The number of hydrogen-bond donors (Lipinski definition) is 1. The Kier molecular flexibility index (Phi) is 6.04. The van der Waals surface area contributed by atoms with Gasteiger partial charge in [-0.05, 0) is 37.1 Å². The van der Waals surface area contributed by atoms with Crippen LogP contribution in [0.5, 0.6) is 0 Å². The second-order valence-corrected chi connectivity index (χ2v) is 8.47. The number of benzene rings is 1. The van der Waals surface area contributed by atoms with Crippen molar-refractivity contribution in [1.29, 1.82) is 0 Å². The van der Waals surface area contributed by atoms with Crippen molar-refractivity contribution in [3.05, 3.63) is 41.2 Å². The smallest absolute Gasteiger partial charge is 0.270 e. The average Bonchev–Trinajstić information content (AvgIpc) is 3.24. The molecule has 4 rings (SSSR count). The maximum Gasteiger partial charge on any atom is 0.270 e. The number of nitrogens with one attached hydrogen (secondary N) is 1. The summed E-state index contributed by atoms with van der Waals surface area (Å²) in [5.41, 5.74) is 1.29. The molecule has 2 aromatic rings. The highest BCUT2D eigenvalue weighted by Gasteiger charge is 2.39. The quantitative estimate of drug-likeness (QED) is 0.827. The molecule has 7 heteroatoms. The first kappa shape index (κ1) is 19.5. The number of amides is 1. The first-order chi connectivity index (χ1) is 13.7. The fourth-order valence-corrected chi connectivity index (χ4v) is 5.10.